The van der Waals surface area contributed by atoms with E-state index in [1.54, 1.807) is 36.4 Å². The van der Waals surface area contributed by atoms with Crippen LogP contribution in [-0.4, -0.2) is 28.3 Å². The summed E-state index contributed by atoms with van der Waals surface area (Å²) in [4.78, 5) is 37.1. The van der Waals surface area contributed by atoms with Crippen molar-refractivity contribution in [1.29, 1.82) is 0 Å². The zero-order chi connectivity index (χ0) is 19.5. The summed E-state index contributed by atoms with van der Waals surface area (Å²) in [6.45, 7) is 0. The van der Waals surface area contributed by atoms with Gasteiger partial charge in [0.1, 0.15) is 6.04 Å². The molecule has 0 unspecified atom stereocenters. The van der Waals surface area contributed by atoms with Gasteiger partial charge in [-0.1, -0.05) is 12.1 Å². The fourth-order valence-corrected chi connectivity index (χ4v) is 3.08. The lowest BCUT2D eigenvalue weighted by molar-refractivity contribution is -0.122. The summed E-state index contributed by atoms with van der Waals surface area (Å²) in [5.41, 5.74) is 2.40. The van der Waals surface area contributed by atoms with E-state index in [1.165, 1.54) is 0 Å². The molecule has 0 saturated carbocycles. The van der Waals surface area contributed by atoms with Gasteiger partial charge in [0.05, 0.1) is 17.7 Å². The average molecular weight is 374 g/mol. The Kier molecular flexibility index (Phi) is 4.63. The molecule has 2 heterocycles. The summed E-state index contributed by atoms with van der Waals surface area (Å²) in [6, 6.07) is 17.0. The molecule has 0 fully saturated rings. The maximum absolute atomic E-state index is 12.4. The van der Waals surface area contributed by atoms with Crippen LogP contribution in [0.1, 0.15) is 16.8 Å². The molecule has 1 aromatic heterocycles. The number of para-hydroxylation sites is 1. The first kappa shape index (κ1) is 17.5. The number of amides is 3. The van der Waals surface area contributed by atoms with E-state index in [1.807, 2.05) is 41.2 Å². The third-order valence-corrected chi connectivity index (χ3v) is 4.49. The van der Waals surface area contributed by atoms with Gasteiger partial charge in [0.25, 0.3) is 5.91 Å². The fraction of sp³-hybridized carbons (Fsp3) is 0.0952. The smallest absolute Gasteiger partial charge is 0.254 e. The van der Waals surface area contributed by atoms with Crippen LogP contribution in [0, 0.1) is 0 Å². The van der Waals surface area contributed by atoms with Gasteiger partial charge in [-0.2, -0.15) is 0 Å². The maximum atomic E-state index is 12.4. The van der Waals surface area contributed by atoms with Gasteiger partial charge in [0.2, 0.25) is 11.8 Å². The summed E-state index contributed by atoms with van der Waals surface area (Å²) < 4.78 is 1.95. The second-order valence-electron chi connectivity index (χ2n) is 6.45. The first-order valence-electron chi connectivity index (χ1n) is 8.84. The van der Waals surface area contributed by atoms with E-state index in [0.29, 0.717) is 16.9 Å². The maximum Gasteiger partial charge on any atom is 0.254 e. The van der Waals surface area contributed by atoms with Crippen LogP contribution < -0.4 is 16.0 Å². The van der Waals surface area contributed by atoms with Gasteiger partial charge in [-0.3, -0.25) is 14.4 Å². The van der Waals surface area contributed by atoms with Crippen LogP contribution in [0.3, 0.4) is 0 Å². The van der Waals surface area contributed by atoms with Gasteiger partial charge in [-0.15, -0.1) is 0 Å². The van der Waals surface area contributed by atoms with Crippen LogP contribution in [0.4, 0.5) is 11.4 Å². The van der Waals surface area contributed by atoms with Crippen molar-refractivity contribution in [2.24, 2.45) is 0 Å². The molecule has 7 heteroatoms. The Hall–Kier alpha value is -3.87. The zero-order valence-corrected chi connectivity index (χ0v) is 14.9. The summed E-state index contributed by atoms with van der Waals surface area (Å²) in [6.07, 6.45) is 3.70. The Morgan fingerprint density at radius 3 is 2.43 bits per heavy atom. The monoisotopic (exact) mass is 374 g/mol. The van der Waals surface area contributed by atoms with E-state index in [0.717, 1.165) is 5.69 Å². The largest absolute Gasteiger partial charge is 0.340 e. The highest BCUT2D eigenvalue weighted by Gasteiger charge is 2.29. The topological polar surface area (TPSA) is 92.2 Å². The van der Waals surface area contributed by atoms with Gasteiger partial charge >= 0.3 is 0 Å². The summed E-state index contributed by atoms with van der Waals surface area (Å²) in [5, 5.41) is 8.06. The Morgan fingerprint density at radius 2 is 1.68 bits per heavy atom. The van der Waals surface area contributed by atoms with Crippen LogP contribution in [-0.2, 0) is 9.59 Å². The molecule has 140 valence electrons. The van der Waals surface area contributed by atoms with E-state index >= 15 is 0 Å². The van der Waals surface area contributed by atoms with E-state index in [-0.39, 0.29) is 18.2 Å². The number of rotatable bonds is 4. The van der Waals surface area contributed by atoms with E-state index in [4.69, 9.17) is 0 Å². The molecule has 1 atom stereocenters. The molecular weight excluding hydrogens is 356 g/mol. The fourth-order valence-electron chi connectivity index (χ4n) is 3.08. The van der Waals surface area contributed by atoms with Crippen LogP contribution in [0.25, 0.3) is 5.69 Å². The Balaban J connectivity index is 1.41. The normalized spacial score (nSPS) is 15.8. The molecule has 0 saturated heterocycles. The standard InChI is InChI=1S/C21H18N4O3/c26-19(22-14-7-9-15(10-8-14)25-11-3-4-12-25)13-18-21(28)23-17-6-2-1-5-16(17)20(27)24-18/h1-12,18H,13H2,(H,22,26)(H,23,28)(H,24,27)/t18-/m1/s1. The first-order valence-corrected chi connectivity index (χ1v) is 8.84. The quantitative estimate of drug-likeness (QED) is 0.655. The lowest BCUT2D eigenvalue weighted by Crippen LogP contribution is -2.43. The number of aromatic nitrogens is 1. The van der Waals surface area contributed by atoms with Crippen molar-refractivity contribution in [2.45, 2.75) is 12.5 Å². The Labute approximate surface area is 161 Å². The van der Waals surface area contributed by atoms with Crippen molar-refractivity contribution >= 4 is 29.1 Å². The number of hydrogen-bond donors (Lipinski definition) is 3. The molecule has 0 aliphatic carbocycles. The third kappa shape index (κ3) is 3.64. The van der Waals surface area contributed by atoms with Gasteiger partial charge in [-0.25, -0.2) is 0 Å². The van der Waals surface area contributed by atoms with Crippen molar-refractivity contribution < 1.29 is 14.4 Å². The number of benzene rings is 2. The minimum Gasteiger partial charge on any atom is -0.340 e. The number of anilines is 2. The molecular formula is C21H18N4O3. The third-order valence-electron chi connectivity index (χ3n) is 4.49. The lowest BCUT2D eigenvalue weighted by Gasteiger charge is -2.14. The van der Waals surface area contributed by atoms with Gasteiger partial charge in [0.15, 0.2) is 0 Å². The highest BCUT2D eigenvalue weighted by molar-refractivity contribution is 6.11. The molecule has 1 aliphatic heterocycles. The van der Waals surface area contributed by atoms with Crippen molar-refractivity contribution in [3.63, 3.8) is 0 Å². The molecule has 0 radical (unpaired) electrons. The number of nitrogens with zero attached hydrogens (tertiary/aromatic N) is 1. The molecule has 3 aromatic rings. The molecule has 4 rings (SSSR count). The Morgan fingerprint density at radius 1 is 0.964 bits per heavy atom. The van der Waals surface area contributed by atoms with Crippen molar-refractivity contribution in [3.8, 4) is 5.69 Å². The van der Waals surface area contributed by atoms with Crippen LogP contribution in [0.5, 0.6) is 0 Å². The summed E-state index contributed by atoms with van der Waals surface area (Å²) in [5.74, 6) is -1.17. The van der Waals surface area contributed by atoms with Gasteiger partial charge in [0, 0.05) is 23.8 Å². The second kappa shape index (κ2) is 7.40. The number of carbonyl (C=O) groups excluding carboxylic acids is 3. The predicted molar refractivity (Wildman–Crippen MR) is 105 cm³/mol. The highest BCUT2D eigenvalue weighted by Crippen LogP contribution is 2.19. The Bertz CT molecular complexity index is 1030. The molecule has 3 N–H and O–H groups in total. The van der Waals surface area contributed by atoms with Gasteiger partial charge < -0.3 is 20.5 Å². The van der Waals surface area contributed by atoms with Crippen molar-refractivity contribution in [1.82, 2.24) is 9.88 Å². The SMILES string of the molecule is O=C(C[C@H]1NC(=O)c2ccccc2NC1=O)Nc1ccc(-n2cccc2)cc1. The molecule has 28 heavy (non-hydrogen) atoms. The number of nitrogens with one attached hydrogen (secondary N) is 3. The molecule has 2 aromatic carbocycles. The second-order valence-corrected chi connectivity index (χ2v) is 6.45. The summed E-state index contributed by atoms with van der Waals surface area (Å²) in [7, 11) is 0. The molecule has 0 spiro atoms. The number of fused-ring (bicyclic) bond motifs is 1. The van der Waals surface area contributed by atoms with Crippen LogP contribution in [0.2, 0.25) is 0 Å². The summed E-state index contributed by atoms with van der Waals surface area (Å²) >= 11 is 0. The number of carbonyl (C=O) groups is 3. The molecule has 0 bridgehead atoms. The first-order chi connectivity index (χ1) is 13.6. The average Bonchev–Trinajstić information content (AvgIpc) is 3.19. The molecule has 3 amide bonds. The zero-order valence-electron chi connectivity index (χ0n) is 14.9. The highest BCUT2D eigenvalue weighted by atomic mass is 16.2. The minimum atomic E-state index is -0.945. The molecule has 1 aliphatic rings. The van der Waals surface area contributed by atoms with Crippen molar-refractivity contribution in [3.05, 3.63) is 78.6 Å². The van der Waals surface area contributed by atoms with Crippen molar-refractivity contribution in [2.75, 3.05) is 10.6 Å². The molecule has 7 nitrogen and oxygen atoms in total. The van der Waals surface area contributed by atoms with E-state index in [9.17, 15) is 14.4 Å². The van der Waals surface area contributed by atoms with E-state index in [2.05, 4.69) is 16.0 Å². The van der Waals surface area contributed by atoms with E-state index < -0.39 is 11.9 Å². The minimum absolute atomic E-state index is 0.162. The van der Waals surface area contributed by atoms with Gasteiger partial charge in [-0.05, 0) is 48.5 Å². The predicted octanol–water partition coefficient (Wildman–Crippen LogP) is 2.56. The lowest BCUT2D eigenvalue weighted by atomic mass is 10.1. The van der Waals surface area contributed by atoms with Crippen LogP contribution in [0.15, 0.2) is 73.1 Å². The van der Waals surface area contributed by atoms with Crippen LogP contribution >= 0.6 is 0 Å². The number of hydrogen-bond acceptors (Lipinski definition) is 3.